The molecule has 5 nitrogen and oxygen atoms in total. The summed E-state index contributed by atoms with van der Waals surface area (Å²) in [6, 6.07) is 12.4. The van der Waals surface area contributed by atoms with Gasteiger partial charge >= 0.3 is 0 Å². The molecule has 0 radical (unpaired) electrons. The second-order valence-corrected chi connectivity index (χ2v) is 5.97. The molecule has 1 saturated heterocycles. The highest BCUT2D eigenvalue weighted by molar-refractivity contribution is 6.30. The van der Waals surface area contributed by atoms with Gasteiger partial charge < -0.3 is 14.8 Å². The maximum absolute atomic E-state index is 12.7. The Kier molecular flexibility index (Phi) is 6.43. The fourth-order valence-electron chi connectivity index (χ4n) is 2.84. The zero-order valence-corrected chi connectivity index (χ0v) is 14.6. The van der Waals surface area contributed by atoms with Crippen LogP contribution in [0.15, 0.2) is 53.5 Å². The molecule has 1 N–H and O–H groups in total. The second-order valence-electron chi connectivity index (χ2n) is 5.53. The monoisotopic (exact) mass is 367 g/mol. The first-order valence-corrected chi connectivity index (χ1v) is 7.94. The number of pyridine rings is 1. The van der Waals surface area contributed by atoms with Crippen molar-refractivity contribution in [2.24, 2.45) is 0 Å². The summed E-state index contributed by atoms with van der Waals surface area (Å²) in [5.41, 5.74) is 0.828. The number of nitrogens with one attached hydrogen (secondary N) is 1. The van der Waals surface area contributed by atoms with Crippen LogP contribution < -0.4 is 10.9 Å². The van der Waals surface area contributed by atoms with E-state index in [2.05, 4.69) is 5.32 Å². The van der Waals surface area contributed by atoms with Crippen molar-refractivity contribution >= 4 is 29.9 Å². The molecule has 1 aromatic heterocycles. The van der Waals surface area contributed by atoms with E-state index in [-0.39, 0.29) is 36.5 Å². The highest BCUT2D eigenvalue weighted by Crippen LogP contribution is 2.24. The Morgan fingerprint density at radius 3 is 2.83 bits per heavy atom. The van der Waals surface area contributed by atoms with E-state index < -0.39 is 0 Å². The number of piperazine rings is 1. The van der Waals surface area contributed by atoms with Crippen molar-refractivity contribution in [3.63, 3.8) is 0 Å². The smallest absolute Gasteiger partial charge is 0.250 e. The predicted octanol–water partition coefficient (Wildman–Crippen LogP) is 2.10. The van der Waals surface area contributed by atoms with Crippen molar-refractivity contribution in [1.82, 2.24) is 14.8 Å². The van der Waals surface area contributed by atoms with Gasteiger partial charge in [0.2, 0.25) is 5.91 Å². The molecular formula is C17H19Cl2N3O2. The fraction of sp³-hybridized carbons (Fsp3) is 0.294. The summed E-state index contributed by atoms with van der Waals surface area (Å²) in [5, 5.41) is 3.96. The lowest BCUT2D eigenvalue weighted by molar-refractivity contribution is -0.135. The van der Waals surface area contributed by atoms with Gasteiger partial charge in [-0.15, -0.1) is 12.4 Å². The second kappa shape index (κ2) is 8.33. The van der Waals surface area contributed by atoms with Crippen LogP contribution in [0, 0.1) is 0 Å². The lowest BCUT2D eigenvalue weighted by Crippen LogP contribution is -2.50. The van der Waals surface area contributed by atoms with Crippen LogP contribution in [-0.4, -0.2) is 35.0 Å². The highest BCUT2D eigenvalue weighted by atomic mass is 35.5. The van der Waals surface area contributed by atoms with E-state index in [0.29, 0.717) is 18.1 Å². The summed E-state index contributed by atoms with van der Waals surface area (Å²) in [5.74, 6) is -0.0650. The van der Waals surface area contributed by atoms with Crippen molar-refractivity contribution in [3.8, 4) is 0 Å². The third kappa shape index (κ3) is 4.17. The van der Waals surface area contributed by atoms with Gasteiger partial charge in [0.15, 0.2) is 0 Å². The maximum atomic E-state index is 12.7. The minimum absolute atomic E-state index is 0. The van der Waals surface area contributed by atoms with Crippen molar-refractivity contribution in [1.29, 1.82) is 0 Å². The van der Waals surface area contributed by atoms with Crippen molar-refractivity contribution in [2.45, 2.75) is 12.6 Å². The van der Waals surface area contributed by atoms with Gasteiger partial charge in [0.1, 0.15) is 6.54 Å². The molecule has 1 aliphatic heterocycles. The van der Waals surface area contributed by atoms with Gasteiger partial charge in [-0.05, 0) is 23.8 Å². The van der Waals surface area contributed by atoms with E-state index in [1.165, 1.54) is 10.6 Å². The van der Waals surface area contributed by atoms with E-state index in [1.54, 1.807) is 18.3 Å². The summed E-state index contributed by atoms with van der Waals surface area (Å²) < 4.78 is 1.43. The number of benzene rings is 1. The van der Waals surface area contributed by atoms with E-state index in [9.17, 15) is 9.59 Å². The molecule has 128 valence electrons. The first-order valence-electron chi connectivity index (χ1n) is 7.56. The third-order valence-electron chi connectivity index (χ3n) is 4.00. The molecule has 1 atom stereocenters. The molecule has 0 spiro atoms. The number of rotatable bonds is 3. The average Bonchev–Trinajstić information content (AvgIpc) is 2.57. The molecule has 1 amide bonds. The number of carbonyl (C=O) groups excluding carboxylic acids is 1. The molecule has 24 heavy (non-hydrogen) atoms. The summed E-state index contributed by atoms with van der Waals surface area (Å²) in [6.07, 6.45) is 1.64. The molecule has 1 fully saturated rings. The molecule has 1 aliphatic rings. The van der Waals surface area contributed by atoms with Crippen LogP contribution in [0.2, 0.25) is 5.02 Å². The third-order valence-corrected chi connectivity index (χ3v) is 4.24. The van der Waals surface area contributed by atoms with Gasteiger partial charge in [0.25, 0.3) is 5.56 Å². The van der Waals surface area contributed by atoms with E-state index >= 15 is 0 Å². The molecule has 0 saturated carbocycles. The Morgan fingerprint density at radius 2 is 2.08 bits per heavy atom. The largest absolute Gasteiger partial charge is 0.332 e. The predicted molar refractivity (Wildman–Crippen MR) is 96.7 cm³/mol. The van der Waals surface area contributed by atoms with E-state index in [0.717, 1.165) is 12.1 Å². The molecule has 1 aromatic carbocycles. The minimum atomic E-state index is -0.171. The van der Waals surface area contributed by atoms with Crippen LogP contribution in [0.1, 0.15) is 11.6 Å². The van der Waals surface area contributed by atoms with Crippen molar-refractivity contribution in [2.75, 3.05) is 19.6 Å². The standard InChI is InChI=1S/C17H18ClN3O2.ClH/c18-14-5-3-4-13(10-14)15-11-19-7-9-21(15)17(23)12-20-8-2-1-6-16(20)22;/h1-6,8,10,15,19H,7,9,11-12H2;1H. The summed E-state index contributed by atoms with van der Waals surface area (Å²) >= 11 is 6.07. The Balaban J connectivity index is 0.00000208. The molecule has 3 rings (SSSR count). The lowest BCUT2D eigenvalue weighted by atomic mass is 10.0. The van der Waals surface area contributed by atoms with E-state index in [1.807, 2.05) is 29.2 Å². The van der Waals surface area contributed by atoms with Gasteiger partial charge in [0, 0.05) is 36.9 Å². The number of hydrogen-bond acceptors (Lipinski definition) is 3. The highest BCUT2D eigenvalue weighted by Gasteiger charge is 2.28. The Labute approximate surface area is 151 Å². The fourth-order valence-corrected chi connectivity index (χ4v) is 3.04. The van der Waals surface area contributed by atoms with Gasteiger partial charge in [0.05, 0.1) is 6.04 Å². The minimum Gasteiger partial charge on any atom is -0.332 e. The van der Waals surface area contributed by atoms with E-state index in [4.69, 9.17) is 11.6 Å². The first kappa shape index (κ1) is 18.5. The van der Waals surface area contributed by atoms with Crippen LogP contribution in [0.25, 0.3) is 0 Å². The zero-order valence-electron chi connectivity index (χ0n) is 13.0. The quantitative estimate of drug-likeness (QED) is 0.903. The topological polar surface area (TPSA) is 54.3 Å². The molecule has 2 aromatic rings. The number of halogens is 2. The summed E-state index contributed by atoms with van der Waals surface area (Å²) in [6.45, 7) is 2.08. The van der Waals surface area contributed by atoms with Crippen LogP contribution in [0.5, 0.6) is 0 Å². The molecular weight excluding hydrogens is 349 g/mol. The van der Waals surface area contributed by atoms with Gasteiger partial charge in [-0.1, -0.05) is 29.8 Å². The van der Waals surface area contributed by atoms with Crippen molar-refractivity contribution in [3.05, 3.63) is 69.6 Å². The number of hydrogen-bond donors (Lipinski definition) is 1. The Hall–Kier alpha value is -1.82. The average molecular weight is 368 g/mol. The number of nitrogens with zero attached hydrogens (tertiary/aromatic N) is 2. The Morgan fingerprint density at radius 1 is 1.25 bits per heavy atom. The SMILES string of the molecule is Cl.O=C(Cn1ccccc1=O)N1CCNCC1c1cccc(Cl)c1. The maximum Gasteiger partial charge on any atom is 0.250 e. The van der Waals surface area contributed by atoms with Crippen LogP contribution in [0.4, 0.5) is 0 Å². The van der Waals surface area contributed by atoms with Gasteiger partial charge in [-0.2, -0.15) is 0 Å². The van der Waals surface area contributed by atoms with Gasteiger partial charge in [-0.25, -0.2) is 0 Å². The molecule has 2 heterocycles. The molecule has 7 heteroatoms. The summed E-state index contributed by atoms with van der Waals surface area (Å²) in [7, 11) is 0. The first-order chi connectivity index (χ1) is 11.1. The number of carbonyl (C=O) groups is 1. The zero-order chi connectivity index (χ0) is 16.2. The van der Waals surface area contributed by atoms with Crippen LogP contribution >= 0.6 is 24.0 Å². The van der Waals surface area contributed by atoms with Crippen molar-refractivity contribution < 1.29 is 4.79 Å². The Bertz CT molecular complexity index is 763. The normalized spacial score (nSPS) is 17.2. The molecule has 0 bridgehead atoms. The van der Waals surface area contributed by atoms with Crippen LogP contribution in [-0.2, 0) is 11.3 Å². The number of amides is 1. The van der Waals surface area contributed by atoms with Crippen LogP contribution in [0.3, 0.4) is 0 Å². The number of aromatic nitrogens is 1. The molecule has 1 unspecified atom stereocenters. The summed E-state index contributed by atoms with van der Waals surface area (Å²) in [4.78, 5) is 26.3. The van der Waals surface area contributed by atoms with Gasteiger partial charge in [-0.3, -0.25) is 9.59 Å². The lowest BCUT2D eigenvalue weighted by Gasteiger charge is -2.36. The molecule has 0 aliphatic carbocycles.